The summed E-state index contributed by atoms with van der Waals surface area (Å²) in [4.78, 5) is 19.4. The first kappa shape index (κ1) is 13.1. The molecule has 1 atom stereocenters. The summed E-state index contributed by atoms with van der Waals surface area (Å²) in [5.74, 6) is 0.225. The Bertz CT molecular complexity index is 556. The molecule has 1 N–H and O–H groups in total. The van der Waals surface area contributed by atoms with Gasteiger partial charge in [0.1, 0.15) is 0 Å². The second kappa shape index (κ2) is 6.05. The molecule has 2 aromatic heterocycles. The van der Waals surface area contributed by atoms with Crippen molar-refractivity contribution in [1.29, 1.82) is 0 Å². The number of aromatic nitrogens is 1. The molecule has 1 saturated heterocycles. The fourth-order valence-corrected chi connectivity index (χ4v) is 3.16. The quantitative estimate of drug-likeness (QED) is 0.939. The minimum atomic E-state index is 0.225. The van der Waals surface area contributed by atoms with Crippen molar-refractivity contribution in [1.82, 2.24) is 9.88 Å². The normalized spacial score (nSPS) is 18.2. The van der Waals surface area contributed by atoms with Gasteiger partial charge in [-0.05, 0) is 30.0 Å². The summed E-state index contributed by atoms with van der Waals surface area (Å²) in [6, 6.07) is 8.25. The van der Waals surface area contributed by atoms with Gasteiger partial charge in [-0.25, -0.2) is 0 Å². The lowest BCUT2D eigenvalue weighted by Crippen LogP contribution is -2.32. The van der Waals surface area contributed by atoms with E-state index in [1.165, 1.54) is 0 Å². The zero-order valence-corrected chi connectivity index (χ0v) is 12.0. The molecule has 104 valence electrons. The van der Waals surface area contributed by atoms with E-state index in [4.69, 9.17) is 0 Å². The van der Waals surface area contributed by atoms with Gasteiger partial charge >= 0.3 is 0 Å². The topological polar surface area (TPSA) is 45.2 Å². The van der Waals surface area contributed by atoms with Gasteiger partial charge in [-0.3, -0.25) is 9.78 Å². The van der Waals surface area contributed by atoms with Crippen molar-refractivity contribution < 1.29 is 4.79 Å². The van der Waals surface area contributed by atoms with E-state index in [-0.39, 0.29) is 5.91 Å². The van der Waals surface area contributed by atoms with Crippen LogP contribution in [0.3, 0.4) is 0 Å². The highest BCUT2D eigenvalue weighted by molar-refractivity contribution is 7.10. The van der Waals surface area contributed by atoms with Crippen LogP contribution < -0.4 is 5.32 Å². The van der Waals surface area contributed by atoms with Crippen LogP contribution in [-0.4, -0.2) is 34.9 Å². The lowest BCUT2D eigenvalue weighted by Gasteiger charge is -2.17. The molecule has 0 radical (unpaired) electrons. The minimum Gasteiger partial charge on any atom is -0.379 e. The van der Waals surface area contributed by atoms with Crippen LogP contribution in [0.2, 0.25) is 0 Å². The standard InChI is InChI=1S/C15H17N3OS/c19-15(9-14-4-2-8-20-14)18-7-5-13(11-18)17-12-3-1-6-16-10-12/h1-4,6,8,10,13,17H,5,7,9,11H2. The van der Waals surface area contributed by atoms with Crippen LogP contribution in [-0.2, 0) is 11.2 Å². The molecule has 1 fully saturated rings. The number of carbonyl (C=O) groups excluding carboxylic acids is 1. The van der Waals surface area contributed by atoms with Gasteiger partial charge in [-0.15, -0.1) is 11.3 Å². The van der Waals surface area contributed by atoms with Crippen molar-refractivity contribution in [2.24, 2.45) is 0 Å². The third-order valence-electron chi connectivity index (χ3n) is 3.48. The third kappa shape index (κ3) is 3.17. The number of anilines is 1. The molecule has 0 bridgehead atoms. The molecular weight excluding hydrogens is 270 g/mol. The molecule has 1 aliphatic rings. The molecular formula is C15H17N3OS. The Balaban J connectivity index is 1.53. The average Bonchev–Trinajstić information content (AvgIpc) is 3.11. The van der Waals surface area contributed by atoms with Gasteiger partial charge in [-0.1, -0.05) is 6.07 Å². The van der Waals surface area contributed by atoms with Crippen molar-refractivity contribution >= 4 is 22.9 Å². The first-order valence-electron chi connectivity index (χ1n) is 6.78. The second-order valence-electron chi connectivity index (χ2n) is 4.97. The number of hydrogen-bond donors (Lipinski definition) is 1. The fraction of sp³-hybridized carbons (Fsp3) is 0.333. The summed E-state index contributed by atoms with van der Waals surface area (Å²) >= 11 is 1.64. The highest BCUT2D eigenvalue weighted by Crippen LogP contribution is 2.17. The molecule has 20 heavy (non-hydrogen) atoms. The molecule has 5 heteroatoms. The van der Waals surface area contributed by atoms with Gasteiger partial charge in [0.05, 0.1) is 12.1 Å². The van der Waals surface area contributed by atoms with E-state index in [9.17, 15) is 4.79 Å². The Morgan fingerprint density at radius 2 is 2.40 bits per heavy atom. The van der Waals surface area contributed by atoms with E-state index in [0.29, 0.717) is 12.5 Å². The Kier molecular flexibility index (Phi) is 3.97. The third-order valence-corrected chi connectivity index (χ3v) is 4.36. The van der Waals surface area contributed by atoms with Crippen LogP contribution in [0.5, 0.6) is 0 Å². The van der Waals surface area contributed by atoms with Crippen molar-refractivity contribution in [3.8, 4) is 0 Å². The molecule has 2 aromatic rings. The lowest BCUT2D eigenvalue weighted by atomic mass is 10.2. The van der Waals surface area contributed by atoms with E-state index < -0.39 is 0 Å². The largest absolute Gasteiger partial charge is 0.379 e. The van der Waals surface area contributed by atoms with Gasteiger partial charge in [0, 0.05) is 36.4 Å². The predicted molar refractivity (Wildman–Crippen MR) is 80.9 cm³/mol. The lowest BCUT2D eigenvalue weighted by molar-refractivity contribution is -0.129. The number of thiophene rings is 1. The molecule has 3 rings (SSSR count). The summed E-state index contributed by atoms with van der Waals surface area (Å²) in [5, 5.41) is 5.44. The number of carbonyl (C=O) groups is 1. The Morgan fingerprint density at radius 3 is 3.15 bits per heavy atom. The average molecular weight is 287 g/mol. The zero-order chi connectivity index (χ0) is 13.8. The number of amides is 1. The van der Waals surface area contributed by atoms with Gasteiger partial charge in [0.2, 0.25) is 5.91 Å². The highest BCUT2D eigenvalue weighted by Gasteiger charge is 2.26. The molecule has 0 spiro atoms. The Hall–Kier alpha value is -1.88. The highest BCUT2D eigenvalue weighted by atomic mass is 32.1. The molecule has 0 saturated carbocycles. The van der Waals surface area contributed by atoms with Gasteiger partial charge < -0.3 is 10.2 Å². The van der Waals surface area contributed by atoms with Gasteiger partial charge in [-0.2, -0.15) is 0 Å². The number of hydrogen-bond acceptors (Lipinski definition) is 4. The van der Waals surface area contributed by atoms with E-state index in [1.807, 2.05) is 40.7 Å². The van der Waals surface area contributed by atoms with Crippen LogP contribution in [0.25, 0.3) is 0 Å². The van der Waals surface area contributed by atoms with Crippen LogP contribution in [0, 0.1) is 0 Å². The minimum absolute atomic E-state index is 0.225. The summed E-state index contributed by atoms with van der Waals surface area (Å²) in [7, 11) is 0. The maximum absolute atomic E-state index is 12.2. The van der Waals surface area contributed by atoms with E-state index in [1.54, 1.807) is 17.5 Å². The number of likely N-dealkylation sites (tertiary alicyclic amines) is 1. The number of nitrogens with one attached hydrogen (secondary N) is 1. The summed E-state index contributed by atoms with van der Waals surface area (Å²) in [6.07, 6.45) is 5.09. The second-order valence-corrected chi connectivity index (χ2v) is 6.00. The molecule has 1 amide bonds. The Morgan fingerprint density at radius 1 is 1.45 bits per heavy atom. The monoisotopic (exact) mass is 287 g/mol. The van der Waals surface area contributed by atoms with Crippen LogP contribution >= 0.6 is 11.3 Å². The van der Waals surface area contributed by atoms with Crippen molar-refractivity contribution in [2.45, 2.75) is 18.9 Å². The first-order valence-corrected chi connectivity index (χ1v) is 7.66. The van der Waals surface area contributed by atoms with Crippen LogP contribution in [0.15, 0.2) is 42.0 Å². The van der Waals surface area contributed by atoms with Crippen LogP contribution in [0.1, 0.15) is 11.3 Å². The van der Waals surface area contributed by atoms with E-state index in [0.717, 1.165) is 30.1 Å². The maximum atomic E-state index is 12.2. The van der Waals surface area contributed by atoms with Gasteiger partial charge in [0.15, 0.2) is 0 Å². The predicted octanol–water partition coefficient (Wildman–Crippen LogP) is 2.40. The molecule has 4 nitrogen and oxygen atoms in total. The first-order chi connectivity index (χ1) is 9.81. The molecule has 1 aliphatic heterocycles. The number of pyridine rings is 1. The van der Waals surface area contributed by atoms with Crippen molar-refractivity contribution in [3.63, 3.8) is 0 Å². The Labute approximate surface area is 122 Å². The smallest absolute Gasteiger partial charge is 0.227 e. The number of rotatable bonds is 4. The SMILES string of the molecule is O=C(Cc1cccs1)N1CCC(Nc2cccnc2)C1. The van der Waals surface area contributed by atoms with Crippen molar-refractivity contribution in [3.05, 3.63) is 46.9 Å². The molecule has 0 aromatic carbocycles. The van der Waals surface area contributed by atoms with Crippen molar-refractivity contribution in [2.75, 3.05) is 18.4 Å². The number of nitrogens with zero attached hydrogens (tertiary/aromatic N) is 2. The van der Waals surface area contributed by atoms with Gasteiger partial charge in [0.25, 0.3) is 0 Å². The van der Waals surface area contributed by atoms with E-state index >= 15 is 0 Å². The summed E-state index contributed by atoms with van der Waals surface area (Å²) < 4.78 is 0. The molecule has 0 aliphatic carbocycles. The molecule has 3 heterocycles. The van der Waals surface area contributed by atoms with Crippen LogP contribution in [0.4, 0.5) is 5.69 Å². The molecule has 1 unspecified atom stereocenters. The maximum Gasteiger partial charge on any atom is 0.227 e. The summed E-state index contributed by atoms with van der Waals surface area (Å²) in [5.41, 5.74) is 1.02. The zero-order valence-electron chi connectivity index (χ0n) is 11.2. The fourth-order valence-electron chi connectivity index (χ4n) is 2.46. The van der Waals surface area contributed by atoms with E-state index in [2.05, 4.69) is 10.3 Å². The summed E-state index contributed by atoms with van der Waals surface area (Å²) in [6.45, 7) is 1.61.